The first kappa shape index (κ1) is 23.8. The highest BCUT2D eigenvalue weighted by Crippen LogP contribution is 2.26. The van der Waals surface area contributed by atoms with Gasteiger partial charge < -0.3 is 10.3 Å². The molecule has 170 valence electrons. The van der Waals surface area contributed by atoms with Gasteiger partial charge in [0.05, 0.1) is 5.69 Å². The second-order valence-electron chi connectivity index (χ2n) is 8.42. The van der Waals surface area contributed by atoms with Crippen molar-refractivity contribution in [2.75, 3.05) is 0 Å². The molecule has 32 heavy (non-hydrogen) atoms. The van der Waals surface area contributed by atoms with Gasteiger partial charge in [-0.3, -0.25) is 0 Å². The van der Waals surface area contributed by atoms with Crippen molar-refractivity contribution < 1.29 is 0 Å². The fourth-order valence-electron chi connectivity index (χ4n) is 3.86. The number of unbranched alkanes of at least 4 members (excludes halogenated alkanes) is 1. The molecule has 0 fully saturated rings. The fourth-order valence-corrected chi connectivity index (χ4v) is 4.14. The minimum absolute atomic E-state index is 0.346. The van der Waals surface area contributed by atoms with Gasteiger partial charge in [0.2, 0.25) is 0 Å². The molecule has 0 spiro atoms. The Balaban J connectivity index is 1.91. The number of halogens is 1. The average Bonchev–Trinajstić information content (AvgIpc) is 3.06. The standard InChI is InChI=1S/C25H33ClN6/c1-4-5-10-23-29-24(26)22(15-17(2)3)32(23)16-18-11-13-19(14-12-18)20-8-6-7-9-21(20)25(27)30-31-28/h6-9,11-14,17,31H,4-5,10,15-16,28H2,1-3H3,(H2,27,30). The highest BCUT2D eigenvalue weighted by atomic mass is 35.5. The first-order valence-corrected chi connectivity index (χ1v) is 11.5. The van der Waals surface area contributed by atoms with Crippen LogP contribution >= 0.6 is 11.6 Å². The molecule has 0 aliphatic rings. The number of hydrogen-bond donors (Lipinski definition) is 3. The predicted octanol–water partition coefficient (Wildman–Crippen LogP) is 4.88. The van der Waals surface area contributed by atoms with E-state index in [1.165, 1.54) is 5.56 Å². The second-order valence-corrected chi connectivity index (χ2v) is 8.78. The number of nitrogens with zero attached hydrogens (tertiary/aromatic N) is 3. The summed E-state index contributed by atoms with van der Waals surface area (Å²) in [5.74, 6) is 7.23. The number of imidazole rings is 1. The van der Waals surface area contributed by atoms with Gasteiger partial charge in [-0.2, -0.15) is 0 Å². The van der Waals surface area contributed by atoms with Gasteiger partial charge in [0, 0.05) is 18.5 Å². The first-order valence-electron chi connectivity index (χ1n) is 11.2. The summed E-state index contributed by atoms with van der Waals surface area (Å²) in [7, 11) is 0. The van der Waals surface area contributed by atoms with Crippen molar-refractivity contribution in [2.24, 2.45) is 22.6 Å². The molecule has 6 nitrogen and oxygen atoms in total. The van der Waals surface area contributed by atoms with Crippen molar-refractivity contribution in [3.63, 3.8) is 0 Å². The second kappa shape index (κ2) is 11.2. The van der Waals surface area contributed by atoms with Crippen LogP contribution in [0, 0.1) is 5.92 Å². The number of amidine groups is 1. The van der Waals surface area contributed by atoms with E-state index in [9.17, 15) is 0 Å². The third-order valence-electron chi connectivity index (χ3n) is 5.45. The molecular formula is C25H33ClN6. The van der Waals surface area contributed by atoms with E-state index in [2.05, 4.69) is 60.2 Å². The third-order valence-corrected chi connectivity index (χ3v) is 5.75. The zero-order valence-corrected chi connectivity index (χ0v) is 19.9. The van der Waals surface area contributed by atoms with E-state index in [1.54, 1.807) is 0 Å². The van der Waals surface area contributed by atoms with Crippen molar-refractivity contribution in [1.82, 2.24) is 15.1 Å². The highest BCUT2D eigenvalue weighted by Gasteiger charge is 2.17. The van der Waals surface area contributed by atoms with Gasteiger partial charge in [-0.05, 0) is 35.4 Å². The Morgan fingerprint density at radius 3 is 2.53 bits per heavy atom. The van der Waals surface area contributed by atoms with E-state index in [-0.39, 0.29) is 0 Å². The van der Waals surface area contributed by atoms with E-state index < -0.39 is 0 Å². The van der Waals surface area contributed by atoms with Crippen LogP contribution in [0.4, 0.5) is 0 Å². The summed E-state index contributed by atoms with van der Waals surface area (Å²) in [5.41, 5.74) is 13.6. The van der Waals surface area contributed by atoms with Crippen molar-refractivity contribution in [3.05, 3.63) is 76.3 Å². The Labute approximate surface area is 195 Å². The highest BCUT2D eigenvalue weighted by molar-refractivity contribution is 6.30. The van der Waals surface area contributed by atoms with Gasteiger partial charge in [-0.15, -0.1) is 5.10 Å². The summed E-state index contributed by atoms with van der Waals surface area (Å²) >= 11 is 6.55. The quantitative estimate of drug-likeness (QED) is 0.177. The molecule has 3 aromatic rings. The normalized spacial score (nSPS) is 11.9. The topological polar surface area (TPSA) is 94.2 Å². The van der Waals surface area contributed by atoms with Gasteiger partial charge in [0.15, 0.2) is 11.0 Å². The maximum atomic E-state index is 6.55. The minimum Gasteiger partial charge on any atom is -0.382 e. The van der Waals surface area contributed by atoms with Crippen LogP contribution in [0.5, 0.6) is 0 Å². The first-order chi connectivity index (χ1) is 15.4. The number of rotatable bonds is 10. The Bertz CT molecular complexity index is 1050. The molecule has 0 bridgehead atoms. The summed E-state index contributed by atoms with van der Waals surface area (Å²) in [5, 5.41) is 4.56. The number of nitrogens with two attached hydrogens (primary N) is 2. The Morgan fingerprint density at radius 2 is 1.88 bits per heavy atom. The van der Waals surface area contributed by atoms with Crippen LogP contribution in [0.25, 0.3) is 11.1 Å². The van der Waals surface area contributed by atoms with Gasteiger partial charge in [-0.1, -0.05) is 87.3 Å². The van der Waals surface area contributed by atoms with Crippen LogP contribution in [-0.2, 0) is 19.4 Å². The maximum absolute atomic E-state index is 6.55. The molecule has 0 atom stereocenters. The molecule has 2 aromatic carbocycles. The molecule has 0 aliphatic carbocycles. The molecule has 0 radical (unpaired) electrons. The SMILES string of the molecule is CCCCc1nc(Cl)c(CC(C)C)n1Cc1ccc(-c2ccccc2/C(N)=N/NN)cc1. The lowest BCUT2D eigenvalue weighted by Gasteiger charge is -2.15. The molecule has 0 unspecified atom stereocenters. The molecule has 1 aromatic heterocycles. The smallest absolute Gasteiger partial charge is 0.152 e. The van der Waals surface area contributed by atoms with Gasteiger partial charge in [-0.25, -0.2) is 16.4 Å². The van der Waals surface area contributed by atoms with Crippen LogP contribution in [0.3, 0.4) is 0 Å². The number of benzene rings is 2. The van der Waals surface area contributed by atoms with Crippen LogP contribution in [0.15, 0.2) is 53.6 Å². The summed E-state index contributed by atoms with van der Waals surface area (Å²) < 4.78 is 2.30. The lowest BCUT2D eigenvalue weighted by atomic mass is 9.98. The zero-order valence-electron chi connectivity index (χ0n) is 19.1. The average molecular weight is 453 g/mol. The molecule has 0 amide bonds. The molecule has 3 rings (SSSR count). The lowest BCUT2D eigenvalue weighted by Crippen LogP contribution is -2.23. The fraction of sp³-hybridized carbons (Fsp3) is 0.360. The monoisotopic (exact) mass is 452 g/mol. The number of aromatic nitrogens is 2. The molecule has 5 N–H and O–H groups in total. The summed E-state index contributed by atoms with van der Waals surface area (Å²) in [4.78, 5) is 4.70. The molecule has 1 heterocycles. The Kier molecular flexibility index (Phi) is 8.31. The van der Waals surface area contributed by atoms with E-state index in [0.717, 1.165) is 60.4 Å². The van der Waals surface area contributed by atoms with Gasteiger partial charge in [0.25, 0.3) is 0 Å². The molecule has 0 saturated heterocycles. The largest absolute Gasteiger partial charge is 0.382 e. The molecule has 0 aliphatic heterocycles. The van der Waals surface area contributed by atoms with E-state index in [1.807, 2.05) is 24.3 Å². The molecule has 0 saturated carbocycles. The van der Waals surface area contributed by atoms with Crippen LogP contribution in [0.2, 0.25) is 5.15 Å². The van der Waals surface area contributed by atoms with Crippen molar-refractivity contribution in [1.29, 1.82) is 0 Å². The zero-order chi connectivity index (χ0) is 23.1. The Morgan fingerprint density at radius 1 is 1.16 bits per heavy atom. The Hall–Kier alpha value is -2.83. The molecule has 7 heteroatoms. The van der Waals surface area contributed by atoms with Crippen LogP contribution in [-0.4, -0.2) is 15.4 Å². The summed E-state index contributed by atoms with van der Waals surface area (Å²) in [6.07, 6.45) is 4.08. The van der Waals surface area contributed by atoms with Crippen LogP contribution in [0.1, 0.15) is 56.3 Å². The third kappa shape index (κ3) is 5.69. The minimum atomic E-state index is 0.346. The number of hydrazone groups is 1. The number of nitrogens with one attached hydrogen (secondary N) is 1. The van der Waals surface area contributed by atoms with Crippen molar-refractivity contribution in [3.8, 4) is 11.1 Å². The number of aryl methyl sites for hydroxylation is 1. The van der Waals surface area contributed by atoms with E-state index in [0.29, 0.717) is 16.9 Å². The van der Waals surface area contributed by atoms with E-state index >= 15 is 0 Å². The van der Waals surface area contributed by atoms with Gasteiger partial charge >= 0.3 is 0 Å². The maximum Gasteiger partial charge on any atom is 0.152 e. The van der Waals surface area contributed by atoms with Crippen molar-refractivity contribution in [2.45, 2.75) is 53.0 Å². The summed E-state index contributed by atoms with van der Waals surface area (Å²) in [6.45, 7) is 7.37. The van der Waals surface area contributed by atoms with Crippen LogP contribution < -0.4 is 17.1 Å². The number of hydrazine groups is 1. The number of hydrogen-bond acceptors (Lipinski definition) is 4. The molecular weight excluding hydrogens is 420 g/mol. The van der Waals surface area contributed by atoms with Crippen molar-refractivity contribution >= 4 is 17.4 Å². The van der Waals surface area contributed by atoms with E-state index in [4.69, 9.17) is 28.2 Å². The predicted molar refractivity (Wildman–Crippen MR) is 133 cm³/mol. The lowest BCUT2D eigenvalue weighted by molar-refractivity contribution is 0.588. The van der Waals surface area contributed by atoms with Gasteiger partial charge in [0.1, 0.15) is 5.82 Å². The summed E-state index contributed by atoms with van der Waals surface area (Å²) in [6, 6.07) is 16.4.